The predicted octanol–water partition coefficient (Wildman–Crippen LogP) is 28.7. The monoisotopic (exact) mass is 1320 g/mol. The van der Waals surface area contributed by atoms with Gasteiger partial charge in [-0.1, -0.05) is 422 Å². The molecule has 0 rings (SSSR count). The summed E-state index contributed by atoms with van der Waals surface area (Å²) in [6, 6.07) is -0.627. The standard InChI is InChI=1S/C88H167NO5/c1-3-5-7-9-11-13-15-17-19-21-22-23-39-42-45-49-52-56-60-64-68-72-76-80-86(91)85(84-90)89-87(92)81-77-73-69-65-61-57-53-50-46-43-40-37-35-33-31-29-27-25-24-26-28-30-32-34-36-38-41-44-47-51-55-59-63-67-71-75-79-83-94-88(93)82-78-74-70-66-62-58-54-48-20-18-16-14-12-10-8-6-4-2/h12,14,18,20,24,26,76,80,85-86,90-91H,3-11,13,15-17,19,21-23,25,27-75,77-79,81-84H2,1-2H3,(H,89,92)/b14-12-,20-18-,26-24-,80-76+. The molecule has 0 aliphatic rings. The summed E-state index contributed by atoms with van der Waals surface area (Å²) in [5.41, 5.74) is 0. The van der Waals surface area contributed by atoms with Crippen LogP contribution in [0.15, 0.2) is 48.6 Å². The van der Waals surface area contributed by atoms with Gasteiger partial charge in [-0.3, -0.25) is 9.59 Å². The second-order valence-corrected chi connectivity index (χ2v) is 29.5. The Bertz CT molecular complexity index is 1570. The van der Waals surface area contributed by atoms with Gasteiger partial charge in [0.25, 0.3) is 0 Å². The van der Waals surface area contributed by atoms with Crippen molar-refractivity contribution in [1.29, 1.82) is 0 Å². The molecule has 0 radical (unpaired) electrons. The zero-order chi connectivity index (χ0) is 67.7. The molecule has 0 aromatic heterocycles. The van der Waals surface area contributed by atoms with E-state index in [2.05, 4.69) is 55.6 Å². The van der Waals surface area contributed by atoms with Gasteiger partial charge in [0.15, 0.2) is 0 Å². The highest BCUT2D eigenvalue weighted by molar-refractivity contribution is 5.76. The fourth-order valence-electron chi connectivity index (χ4n) is 13.5. The third-order valence-corrected chi connectivity index (χ3v) is 20.1. The van der Waals surface area contributed by atoms with Gasteiger partial charge in [0.2, 0.25) is 5.91 Å². The van der Waals surface area contributed by atoms with Crippen LogP contribution in [0.2, 0.25) is 0 Å². The van der Waals surface area contributed by atoms with Crippen LogP contribution in [0.4, 0.5) is 0 Å². The Labute approximate surface area is 588 Å². The number of amides is 1. The Morgan fingerprint density at radius 2 is 0.532 bits per heavy atom. The summed E-state index contributed by atoms with van der Waals surface area (Å²) in [4.78, 5) is 24.7. The molecule has 0 saturated carbocycles. The fourth-order valence-corrected chi connectivity index (χ4v) is 13.5. The molecule has 0 fully saturated rings. The molecule has 6 heteroatoms. The van der Waals surface area contributed by atoms with Crippen molar-refractivity contribution in [3.8, 4) is 0 Å². The highest BCUT2D eigenvalue weighted by Crippen LogP contribution is 2.20. The minimum Gasteiger partial charge on any atom is -0.466 e. The maximum atomic E-state index is 12.6. The summed E-state index contributed by atoms with van der Waals surface area (Å²) in [5.74, 6) is -0.0449. The molecular weight excluding hydrogens is 1150 g/mol. The first-order valence-electron chi connectivity index (χ1n) is 42.9. The van der Waals surface area contributed by atoms with Crippen molar-refractivity contribution >= 4 is 11.9 Å². The van der Waals surface area contributed by atoms with Gasteiger partial charge < -0.3 is 20.3 Å². The highest BCUT2D eigenvalue weighted by Gasteiger charge is 2.18. The van der Waals surface area contributed by atoms with Crippen molar-refractivity contribution in [2.45, 2.75) is 488 Å². The summed E-state index contributed by atoms with van der Waals surface area (Å²) >= 11 is 0. The van der Waals surface area contributed by atoms with Crippen LogP contribution < -0.4 is 5.32 Å². The van der Waals surface area contributed by atoms with E-state index in [0.717, 1.165) is 51.4 Å². The van der Waals surface area contributed by atoms with Crippen LogP contribution in [-0.4, -0.2) is 47.4 Å². The number of allylic oxidation sites excluding steroid dienone is 7. The average molecular weight is 1320 g/mol. The molecule has 0 spiro atoms. The molecule has 0 aliphatic heterocycles. The Hall–Kier alpha value is -2.18. The van der Waals surface area contributed by atoms with Crippen LogP contribution in [0, 0.1) is 0 Å². The number of ether oxygens (including phenoxy) is 1. The van der Waals surface area contributed by atoms with Gasteiger partial charge in [0.1, 0.15) is 0 Å². The zero-order valence-electron chi connectivity index (χ0n) is 63.7. The third kappa shape index (κ3) is 78.8. The van der Waals surface area contributed by atoms with Gasteiger partial charge in [-0.25, -0.2) is 0 Å². The third-order valence-electron chi connectivity index (χ3n) is 20.1. The van der Waals surface area contributed by atoms with Crippen molar-refractivity contribution in [2.75, 3.05) is 13.2 Å². The summed E-state index contributed by atoms with van der Waals surface area (Å²) in [6.07, 6.45) is 111. The van der Waals surface area contributed by atoms with Crippen molar-refractivity contribution in [3.63, 3.8) is 0 Å². The van der Waals surface area contributed by atoms with E-state index in [9.17, 15) is 19.8 Å². The topological polar surface area (TPSA) is 95.9 Å². The van der Waals surface area contributed by atoms with E-state index in [0.29, 0.717) is 19.4 Å². The first-order chi connectivity index (χ1) is 46.5. The maximum Gasteiger partial charge on any atom is 0.305 e. The van der Waals surface area contributed by atoms with E-state index in [1.807, 2.05) is 6.08 Å². The van der Waals surface area contributed by atoms with Crippen molar-refractivity contribution in [1.82, 2.24) is 5.32 Å². The SMILES string of the molecule is CCCCC/C=C\C/C=C\CCCCCCCCCC(=O)OCCCCCCCCCCCCCCCCCC/C=C\CCCCCCCCCCCCCCCCCCCC(=O)NC(CO)C(O)/C=C/CCCCCCCCCCCCCCCCCCCCCCC. The van der Waals surface area contributed by atoms with Gasteiger partial charge in [-0.2, -0.15) is 0 Å². The number of rotatable bonds is 81. The molecule has 0 heterocycles. The van der Waals surface area contributed by atoms with E-state index >= 15 is 0 Å². The van der Waals surface area contributed by atoms with Crippen LogP contribution in [0.1, 0.15) is 476 Å². The number of carbonyl (C=O) groups excluding carboxylic acids is 2. The van der Waals surface area contributed by atoms with E-state index in [1.165, 1.54) is 398 Å². The lowest BCUT2D eigenvalue weighted by Crippen LogP contribution is -2.45. The normalized spacial score (nSPS) is 12.7. The fraction of sp³-hybridized carbons (Fsp3) is 0.886. The highest BCUT2D eigenvalue weighted by atomic mass is 16.5. The van der Waals surface area contributed by atoms with E-state index in [1.54, 1.807) is 6.08 Å². The Kier molecular flexibility index (Phi) is 81.3. The lowest BCUT2D eigenvalue weighted by Gasteiger charge is -2.20. The molecule has 2 unspecified atom stereocenters. The average Bonchev–Trinajstić information content (AvgIpc) is 3.79. The quantitative estimate of drug-likeness (QED) is 0.0320. The number of hydrogen-bond donors (Lipinski definition) is 3. The molecule has 0 saturated heterocycles. The number of carbonyl (C=O) groups is 2. The number of unbranched alkanes of at least 4 members (excludes halogenated alkanes) is 64. The molecule has 1 amide bonds. The molecule has 2 atom stereocenters. The van der Waals surface area contributed by atoms with Crippen LogP contribution in [0.25, 0.3) is 0 Å². The number of nitrogens with one attached hydrogen (secondary N) is 1. The van der Waals surface area contributed by atoms with Crippen LogP contribution in [0.5, 0.6) is 0 Å². The maximum absolute atomic E-state index is 12.6. The number of esters is 1. The summed E-state index contributed by atoms with van der Waals surface area (Å²) in [7, 11) is 0. The first kappa shape index (κ1) is 91.8. The summed E-state index contributed by atoms with van der Waals surface area (Å²) in [5, 5.41) is 23.3. The van der Waals surface area contributed by atoms with Crippen molar-refractivity contribution in [3.05, 3.63) is 48.6 Å². The largest absolute Gasteiger partial charge is 0.466 e. The lowest BCUT2D eigenvalue weighted by atomic mass is 10.0. The van der Waals surface area contributed by atoms with E-state index < -0.39 is 12.1 Å². The Morgan fingerprint density at radius 1 is 0.298 bits per heavy atom. The molecule has 554 valence electrons. The molecule has 0 bridgehead atoms. The Balaban J connectivity index is 3.36. The van der Waals surface area contributed by atoms with Crippen LogP contribution in [0.3, 0.4) is 0 Å². The molecular formula is C88H167NO5. The van der Waals surface area contributed by atoms with Gasteiger partial charge in [0.05, 0.1) is 25.4 Å². The first-order valence-corrected chi connectivity index (χ1v) is 42.9. The van der Waals surface area contributed by atoms with Gasteiger partial charge in [-0.05, 0) is 89.9 Å². The van der Waals surface area contributed by atoms with Gasteiger partial charge in [-0.15, -0.1) is 0 Å². The molecule has 6 nitrogen and oxygen atoms in total. The number of hydrogen-bond acceptors (Lipinski definition) is 5. The van der Waals surface area contributed by atoms with E-state index in [4.69, 9.17) is 4.74 Å². The number of aliphatic hydroxyl groups is 2. The number of aliphatic hydroxyl groups excluding tert-OH is 2. The summed E-state index contributed by atoms with van der Waals surface area (Å²) < 4.78 is 5.51. The van der Waals surface area contributed by atoms with Crippen LogP contribution in [-0.2, 0) is 14.3 Å². The smallest absolute Gasteiger partial charge is 0.305 e. The van der Waals surface area contributed by atoms with Crippen LogP contribution >= 0.6 is 0 Å². The lowest BCUT2D eigenvalue weighted by molar-refractivity contribution is -0.143. The van der Waals surface area contributed by atoms with E-state index in [-0.39, 0.29) is 18.5 Å². The van der Waals surface area contributed by atoms with Crippen molar-refractivity contribution in [2.24, 2.45) is 0 Å². The second kappa shape index (κ2) is 83.2. The Morgan fingerprint density at radius 3 is 0.840 bits per heavy atom. The van der Waals surface area contributed by atoms with Gasteiger partial charge >= 0.3 is 5.97 Å². The summed E-state index contributed by atoms with van der Waals surface area (Å²) in [6.45, 7) is 4.93. The molecule has 3 N–H and O–H groups in total. The molecule has 0 aromatic carbocycles. The van der Waals surface area contributed by atoms with Crippen molar-refractivity contribution < 1.29 is 24.5 Å². The predicted molar refractivity (Wildman–Crippen MR) is 416 cm³/mol. The molecule has 0 aromatic rings. The molecule has 94 heavy (non-hydrogen) atoms. The minimum absolute atomic E-state index is 0.0141. The molecule has 0 aliphatic carbocycles. The zero-order valence-corrected chi connectivity index (χ0v) is 63.7. The minimum atomic E-state index is -0.844. The van der Waals surface area contributed by atoms with Gasteiger partial charge in [0, 0.05) is 12.8 Å². The second-order valence-electron chi connectivity index (χ2n) is 29.5.